The number of anilines is 1. The molecule has 0 unspecified atom stereocenters. The molecule has 0 spiro atoms. The molecule has 1 aliphatic rings. The third-order valence-electron chi connectivity index (χ3n) is 4.18. The van der Waals surface area contributed by atoms with E-state index in [4.69, 9.17) is 5.26 Å². The molecule has 5 nitrogen and oxygen atoms in total. The highest BCUT2D eigenvalue weighted by Gasteiger charge is 2.15. The molecule has 23 heavy (non-hydrogen) atoms. The van der Waals surface area contributed by atoms with Crippen LogP contribution in [0.15, 0.2) is 18.2 Å². The first kappa shape index (κ1) is 17.0. The maximum Gasteiger partial charge on any atom is 0.221 e. The lowest BCUT2D eigenvalue weighted by Gasteiger charge is -2.22. The molecular formula is C18H23N3O2. The summed E-state index contributed by atoms with van der Waals surface area (Å²) in [6, 6.07) is 7.34. The summed E-state index contributed by atoms with van der Waals surface area (Å²) in [5.41, 5.74) is 1.63. The van der Waals surface area contributed by atoms with Crippen molar-refractivity contribution in [2.75, 3.05) is 11.9 Å². The van der Waals surface area contributed by atoms with E-state index >= 15 is 0 Å². The Morgan fingerprint density at radius 2 is 2.00 bits per heavy atom. The molecule has 122 valence electrons. The lowest BCUT2D eigenvalue weighted by atomic mass is 9.95. The quantitative estimate of drug-likeness (QED) is 0.791. The van der Waals surface area contributed by atoms with Gasteiger partial charge >= 0.3 is 0 Å². The van der Waals surface area contributed by atoms with Gasteiger partial charge in [0.1, 0.15) is 6.07 Å². The van der Waals surface area contributed by atoms with Crippen molar-refractivity contribution < 1.29 is 9.59 Å². The zero-order valence-electron chi connectivity index (χ0n) is 13.5. The van der Waals surface area contributed by atoms with Crippen LogP contribution in [0.1, 0.15) is 61.4 Å². The fourth-order valence-corrected chi connectivity index (χ4v) is 2.86. The van der Waals surface area contributed by atoms with Crippen LogP contribution in [0.4, 0.5) is 5.69 Å². The van der Waals surface area contributed by atoms with Crippen LogP contribution in [0.25, 0.3) is 0 Å². The molecule has 0 aromatic heterocycles. The van der Waals surface area contributed by atoms with Gasteiger partial charge in [-0.05, 0) is 38.0 Å². The molecule has 0 bridgehead atoms. The zero-order chi connectivity index (χ0) is 16.7. The molecule has 2 rings (SSSR count). The van der Waals surface area contributed by atoms with Crippen LogP contribution in [0.5, 0.6) is 0 Å². The molecule has 1 amide bonds. The first-order valence-electron chi connectivity index (χ1n) is 8.18. The number of carbonyl (C=O) groups excluding carboxylic acids is 2. The number of nitrogens with one attached hydrogen (secondary N) is 2. The van der Waals surface area contributed by atoms with Gasteiger partial charge in [-0.1, -0.05) is 19.3 Å². The first-order chi connectivity index (χ1) is 11.1. The van der Waals surface area contributed by atoms with Crippen molar-refractivity contribution >= 4 is 17.4 Å². The Labute approximate surface area is 137 Å². The molecule has 1 fully saturated rings. The molecule has 0 atom stereocenters. The average Bonchev–Trinajstić information content (AvgIpc) is 2.55. The van der Waals surface area contributed by atoms with Gasteiger partial charge in [-0.25, -0.2) is 0 Å². The van der Waals surface area contributed by atoms with Crippen molar-refractivity contribution in [2.24, 2.45) is 0 Å². The van der Waals surface area contributed by atoms with Gasteiger partial charge in [0.25, 0.3) is 0 Å². The summed E-state index contributed by atoms with van der Waals surface area (Å²) in [5.74, 6) is -0.0155. The maximum atomic E-state index is 12.0. The van der Waals surface area contributed by atoms with Gasteiger partial charge in [0.05, 0.1) is 11.3 Å². The summed E-state index contributed by atoms with van der Waals surface area (Å²) in [6.07, 6.45) is 6.12. The molecule has 0 aliphatic heterocycles. The van der Waals surface area contributed by atoms with Crippen LogP contribution in [0, 0.1) is 11.3 Å². The third-order valence-corrected chi connectivity index (χ3v) is 4.18. The monoisotopic (exact) mass is 313 g/mol. The third kappa shape index (κ3) is 5.10. The fraction of sp³-hybridized carbons (Fsp3) is 0.500. The number of amides is 1. The van der Waals surface area contributed by atoms with E-state index in [1.165, 1.54) is 26.2 Å². The fourth-order valence-electron chi connectivity index (χ4n) is 2.86. The second-order valence-corrected chi connectivity index (χ2v) is 6.01. The number of hydrogen-bond donors (Lipinski definition) is 2. The molecule has 0 radical (unpaired) electrons. The van der Waals surface area contributed by atoms with Gasteiger partial charge in [0.2, 0.25) is 5.91 Å². The molecule has 2 N–H and O–H groups in total. The van der Waals surface area contributed by atoms with Crippen molar-refractivity contribution in [1.82, 2.24) is 5.32 Å². The number of rotatable bonds is 6. The molecule has 1 aliphatic carbocycles. The number of carbonyl (C=O) groups is 2. The van der Waals surface area contributed by atoms with E-state index in [0.717, 1.165) is 12.8 Å². The van der Waals surface area contributed by atoms with E-state index in [9.17, 15) is 9.59 Å². The summed E-state index contributed by atoms with van der Waals surface area (Å²) in [5, 5.41) is 15.3. The molecule has 0 saturated heterocycles. The summed E-state index contributed by atoms with van der Waals surface area (Å²) < 4.78 is 0. The highest BCUT2D eigenvalue weighted by atomic mass is 16.1. The van der Waals surface area contributed by atoms with Crippen LogP contribution in [-0.4, -0.2) is 24.3 Å². The van der Waals surface area contributed by atoms with Crippen molar-refractivity contribution in [3.05, 3.63) is 29.3 Å². The van der Waals surface area contributed by atoms with Gasteiger partial charge in [-0.2, -0.15) is 5.26 Å². The van der Waals surface area contributed by atoms with Gasteiger partial charge in [0, 0.05) is 24.6 Å². The van der Waals surface area contributed by atoms with Crippen molar-refractivity contribution in [3.8, 4) is 6.07 Å². The minimum Gasteiger partial charge on any atom is -0.383 e. The minimum absolute atomic E-state index is 0.0330. The summed E-state index contributed by atoms with van der Waals surface area (Å²) in [7, 11) is 0. The normalized spacial score (nSPS) is 14.8. The number of nitrogens with zero attached hydrogens (tertiary/aromatic N) is 1. The molecular weight excluding hydrogens is 290 g/mol. The largest absolute Gasteiger partial charge is 0.383 e. The average molecular weight is 313 g/mol. The molecule has 1 aromatic carbocycles. The summed E-state index contributed by atoms with van der Waals surface area (Å²) >= 11 is 0. The predicted molar refractivity (Wildman–Crippen MR) is 89.3 cm³/mol. The molecule has 1 saturated carbocycles. The van der Waals surface area contributed by atoms with E-state index in [2.05, 4.69) is 16.7 Å². The SMILES string of the molecule is CC(=O)c1ccc(C#N)c(NCCC(=O)NC2CCCCC2)c1. The minimum atomic E-state index is -0.0485. The van der Waals surface area contributed by atoms with Crippen molar-refractivity contribution in [2.45, 2.75) is 51.5 Å². The number of ketones is 1. The van der Waals surface area contributed by atoms with Crippen molar-refractivity contribution in [3.63, 3.8) is 0 Å². The Bertz CT molecular complexity index is 613. The van der Waals surface area contributed by atoms with Crippen molar-refractivity contribution in [1.29, 1.82) is 5.26 Å². The van der Waals surface area contributed by atoms with Gasteiger partial charge in [0.15, 0.2) is 5.78 Å². The van der Waals surface area contributed by atoms with E-state index in [1.54, 1.807) is 18.2 Å². The highest BCUT2D eigenvalue weighted by Crippen LogP contribution is 2.18. The van der Waals surface area contributed by atoms with Crippen LogP contribution in [-0.2, 0) is 4.79 Å². The van der Waals surface area contributed by atoms with Crippen LogP contribution in [0.2, 0.25) is 0 Å². The van der Waals surface area contributed by atoms with Gasteiger partial charge in [-0.3, -0.25) is 9.59 Å². The van der Waals surface area contributed by atoms with Gasteiger partial charge < -0.3 is 10.6 Å². The van der Waals surface area contributed by atoms with E-state index in [1.807, 2.05) is 0 Å². The second kappa shape index (κ2) is 8.33. The van der Waals surface area contributed by atoms with Gasteiger partial charge in [-0.15, -0.1) is 0 Å². The Balaban J connectivity index is 1.85. The topological polar surface area (TPSA) is 82.0 Å². The van der Waals surface area contributed by atoms with Crippen LogP contribution >= 0.6 is 0 Å². The highest BCUT2D eigenvalue weighted by molar-refractivity contribution is 5.95. The predicted octanol–water partition coefficient (Wildman–Crippen LogP) is 3.01. The Hall–Kier alpha value is -2.35. The number of benzene rings is 1. The molecule has 1 aromatic rings. The lowest BCUT2D eigenvalue weighted by molar-refractivity contribution is -0.121. The second-order valence-electron chi connectivity index (χ2n) is 6.01. The Kier molecular flexibility index (Phi) is 6.16. The summed E-state index contributed by atoms with van der Waals surface area (Å²) in [4.78, 5) is 23.4. The number of hydrogen-bond acceptors (Lipinski definition) is 4. The van der Waals surface area contributed by atoms with Crippen LogP contribution in [0.3, 0.4) is 0 Å². The lowest BCUT2D eigenvalue weighted by Crippen LogP contribution is -2.36. The van der Waals surface area contributed by atoms with E-state index in [0.29, 0.717) is 35.8 Å². The Morgan fingerprint density at radius 3 is 2.65 bits per heavy atom. The standard InChI is InChI=1S/C18H23N3O2/c1-13(22)14-7-8-15(12-19)17(11-14)20-10-9-18(23)21-16-5-3-2-4-6-16/h7-8,11,16,20H,2-6,9-10H2,1H3,(H,21,23). The number of nitriles is 1. The first-order valence-corrected chi connectivity index (χ1v) is 8.18. The van der Waals surface area contributed by atoms with E-state index in [-0.39, 0.29) is 11.7 Å². The Morgan fingerprint density at radius 1 is 1.26 bits per heavy atom. The molecule has 5 heteroatoms. The van der Waals surface area contributed by atoms with E-state index < -0.39 is 0 Å². The maximum absolute atomic E-state index is 12.0. The smallest absolute Gasteiger partial charge is 0.221 e. The zero-order valence-corrected chi connectivity index (χ0v) is 13.5. The molecule has 0 heterocycles. The number of Topliss-reactive ketones (excluding diaryl/α,β-unsaturated/α-hetero) is 1. The summed E-state index contributed by atoms with van der Waals surface area (Å²) in [6.45, 7) is 1.93. The van der Waals surface area contributed by atoms with Crippen LogP contribution < -0.4 is 10.6 Å².